The molecule has 0 bridgehead atoms. The van der Waals surface area contributed by atoms with E-state index in [4.69, 9.17) is 0 Å². The third kappa shape index (κ3) is 4.46. The van der Waals surface area contributed by atoms with Crippen LogP contribution in [0.25, 0.3) is 22.5 Å². The number of carbonyl (C=O) groups is 2. The lowest BCUT2D eigenvalue weighted by Crippen LogP contribution is -2.25. The summed E-state index contributed by atoms with van der Waals surface area (Å²) >= 11 is 0. The normalized spacial score (nSPS) is 10.9. The zero-order valence-electron chi connectivity index (χ0n) is 19.4. The zero-order valence-corrected chi connectivity index (χ0v) is 19.4. The fourth-order valence-corrected chi connectivity index (χ4v) is 3.68. The van der Waals surface area contributed by atoms with Gasteiger partial charge in [0.15, 0.2) is 0 Å². The minimum Gasteiger partial charge on any atom is -0.348 e. The van der Waals surface area contributed by atoms with E-state index in [0.717, 1.165) is 5.56 Å². The molecule has 0 saturated heterocycles. The summed E-state index contributed by atoms with van der Waals surface area (Å²) in [5.41, 5.74) is 3.83. The van der Waals surface area contributed by atoms with E-state index in [-0.39, 0.29) is 23.9 Å². The molecule has 12 nitrogen and oxygen atoms in total. The number of hydrogen-bond acceptors (Lipinski definition) is 7. The summed E-state index contributed by atoms with van der Waals surface area (Å²) in [4.78, 5) is 40.6. The fraction of sp³-hybridized carbons (Fsp3) is 0.125. The lowest BCUT2D eigenvalue weighted by molar-refractivity contribution is -0.114. The summed E-state index contributed by atoms with van der Waals surface area (Å²) in [6.07, 6.45) is 9.61. The molecule has 0 unspecified atom stereocenters. The highest BCUT2D eigenvalue weighted by molar-refractivity contribution is 5.94. The second-order valence-corrected chi connectivity index (χ2v) is 8.10. The Hall–Kier alpha value is -5.13. The van der Waals surface area contributed by atoms with Gasteiger partial charge in [-0.2, -0.15) is 5.10 Å². The molecule has 0 spiro atoms. The van der Waals surface area contributed by atoms with Crippen LogP contribution in [0.15, 0.2) is 72.3 Å². The molecule has 12 heteroatoms. The van der Waals surface area contributed by atoms with Gasteiger partial charge in [0, 0.05) is 55.9 Å². The zero-order chi connectivity index (χ0) is 25.2. The number of nitrogens with zero attached hydrogens (tertiary/aromatic N) is 7. The van der Waals surface area contributed by atoms with Crippen LogP contribution in [-0.2, 0) is 18.4 Å². The molecule has 0 aliphatic carbocycles. The van der Waals surface area contributed by atoms with Crippen LogP contribution in [0.1, 0.15) is 22.8 Å². The number of fused-ring (bicyclic) bond motifs is 1. The highest BCUT2D eigenvalue weighted by Gasteiger charge is 2.13. The van der Waals surface area contributed by atoms with Crippen LogP contribution in [0, 0.1) is 0 Å². The summed E-state index contributed by atoms with van der Waals surface area (Å²) in [7, 11) is 1.66. The van der Waals surface area contributed by atoms with E-state index in [9.17, 15) is 14.4 Å². The van der Waals surface area contributed by atoms with Gasteiger partial charge in [0.1, 0.15) is 11.2 Å². The van der Waals surface area contributed by atoms with E-state index in [1.165, 1.54) is 26.9 Å². The highest BCUT2D eigenvalue weighted by atomic mass is 16.2. The van der Waals surface area contributed by atoms with Gasteiger partial charge in [0.25, 0.3) is 11.5 Å². The molecule has 4 heterocycles. The number of pyridine rings is 1. The molecule has 0 aliphatic heterocycles. The highest BCUT2D eigenvalue weighted by Crippen LogP contribution is 2.20. The number of benzene rings is 1. The van der Waals surface area contributed by atoms with Gasteiger partial charge in [0.05, 0.1) is 29.8 Å². The van der Waals surface area contributed by atoms with Crippen LogP contribution in [0.3, 0.4) is 0 Å². The molecular weight excluding hydrogens is 462 g/mol. The first-order chi connectivity index (χ1) is 17.4. The molecule has 5 aromatic rings. The lowest BCUT2D eigenvalue weighted by atomic mass is 10.1. The summed E-state index contributed by atoms with van der Waals surface area (Å²) in [5.74, 6) is -0.501. The Morgan fingerprint density at radius 3 is 2.64 bits per heavy atom. The van der Waals surface area contributed by atoms with E-state index in [1.54, 1.807) is 56.2 Å². The molecule has 2 amide bonds. The van der Waals surface area contributed by atoms with E-state index >= 15 is 0 Å². The van der Waals surface area contributed by atoms with E-state index in [0.29, 0.717) is 33.7 Å². The van der Waals surface area contributed by atoms with Gasteiger partial charge in [0.2, 0.25) is 5.91 Å². The molecule has 0 saturated carbocycles. The summed E-state index contributed by atoms with van der Waals surface area (Å²) in [6, 6.07) is 8.87. The quantitative estimate of drug-likeness (QED) is 0.373. The van der Waals surface area contributed by atoms with Crippen LogP contribution < -0.4 is 16.2 Å². The Balaban J connectivity index is 1.31. The average Bonchev–Trinajstić information content (AvgIpc) is 3.53. The Labute approximate surface area is 204 Å². The number of anilines is 1. The first-order valence-electron chi connectivity index (χ1n) is 10.9. The molecule has 4 aromatic heterocycles. The van der Waals surface area contributed by atoms with Crippen molar-refractivity contribution in [3.8, 4) is 16.9 Å². The standard InChI is InChI=1S/C24H21N9O3/c1-15(34)28-19-5-3-16(4-6-19)21-14-33(30-29-21)20-9-17(10-25-13-20)23(35)26-11-18-12-27-32-8-7-31(2)24(36)22(18)32/h3-10,12-14H,11H2,1-2H3,(H,26,35)(H,28,34). The number of carbonyl (C=O) groups excluding carboxylic acids is 2. The minimum atomic E-state index is -0.356. The molecule has 36 heavy (non-hydrogen) atoms. The lowest BCUT2D eigenvalue weighted by Gasteiger charge is -2.06. The monoisotopic (exact) mass is 483 g/mol. The molecule has 0 aliphatic rings. The number of amides is 2. The largest absolute Gasteiger partial charge is 0.348 e. The molecule has 180 valence electrons. The maximum Gasteiger partial charge on any atom is 0.276 e. The molecule has 5 rings (SSSR count). The first kappa shape index (κ1) is 22.7. The topological polar surface area (TPSA) is 141 Å². The van der Waals surface area contributed by atoms with E-state index < -0.39 is 0 Å². The van der Waals surface area contributed by atoms with E-state index in [1.807, 2.05) is 12.1 Å². The van der Waals surface area contributed by atoms with Gasteiger partial charge >= 0.3 is 0 Å². The van der Waals surface area contributed by atoms with Crippen LogP contribution in [0.2, 0.25) is 0 Å². The third-order valence-electron chi connectivity index (χ3n) is 5.51. The van der Waals surface area contributed by atoms with Crippen LogP contribution >= 0.6 is 0 Å². The molecule has 0 radical (unpaired) electrons. The van der Waals surface area contributed by atoms with Crippen molar-refractivity contribution in [2.75, 3.05) is 5.32 Å². The van der Waals surface area contributed by atoms with Crippen molar-refractivity contribution in [2.24, 2.45) is 7.05 Å². The Bertz CT molecular complexity index is 1650. The minimum absolute atomic E-state index is 0.133. The summed E-state index contributed by atoms with van der Waals surface area (Å²) in [6.45, 7) is 1.58. The number of nitrogens with one attached hydrogen (secondary N) is 2. The maximum absolute atomic E-state index is 12.8. The fourth-order valence-electron chi connectivity index (χ4n) is 3.68. The SMILES string of the molecule is CC(=O)Nc1ccc(-c2cn(-c3cncc(C(=O)NCc4cnn5ccn(C)c(=O)c45)c3)nn2)cc1. The number of rotatable bonds is 6. The molecular formula is C24H21N9O3. The van der Waals surface area contributed by atoms with Crippen molar-refractivity contribution < 1.29 is 9.59 Å². The van der Waals surface area contributed by atoms with Gasteiger partial charge in [-0.25, -0.2) is 9.20 Å². The van der Waals surface area contributed by atoms with Crippen molar-refractivity contribution in [2.45, 2.75) is 13.5 Å². The molecule has 2 N–H and O–H groups in total. The van der Waals surface area contributed by atoms with Crippen molar-refractivity contribution >= 4 is 23.0 Å². The van der Waals surface area contributed by atoms with Crippen molar-refractivity contribution in [3.05, 3.63) is 89.0 Å². The molecule has 0 atom stereocenters. The smallest absolute Gasteiger partial charge is 0.276 e. The Kier molecular flexibility index (Phi) is 5.82. The number of hydrogen-bond donors (Lipinski definition) is 2. The van der Waals surface area contributed by atoms with Crippen molar-refractivity contribution in [1.29, 1.82) is 0 Å². The predicted octanol–water partition coefficient (Wildman–Crippen LogP) is 1.56. The van der Waals surface area contributed by atoms with Crippen molar-refractivity contribution in [1.82, 2.24) is 39.5 Å². The molecule has 1 aromatic carbocycles. The van der Waals surface area contributed by atoms with Crippen LogP contribution in [0.4, 0.5) is 5.69 Å². The van der Waals surface area contributed by atoms with Crippen LogP contribution in [0.5, 0.6) is 0 Å². The van der Waals surface area contributed by atoms with Gasteiger partial charge < -0.3 is 15.2 Å². The first-order valence-corrected chi connectivity index (χ1v) is 10.9. The number of aromatic nitrogens is 7. The molecule has 0 fully saturated rings. The summed E-state index contributed by atoms with van der Waals surface area (Å²) in [5, 5.41) is 18.1. The average molecular weight is 483 g/mol. The maximum atomic E-state index is 12.8. The second kappa shape index (κ2) is 9.25. The number of aryl methyl sites for hydroxylation is 1. The second-order valence-electron chi connectivity index (χ2n) is 8.10. The van der Waals surface area contributed by atoms with E-state index in [2.05, 4.69) is 31.0 Å². The van der Waals surface area contributed by atoms with Gasteiger partial charge in [-0.1, -0.05) is 17.3 Å². The van der Waals surface area contributed by atoms with Crippen LogP contribution in [-0.4, -0.2) is 46.0 Å². The van der Waals surface area contributed by atoms with Crippen molar-refractivity contribution in [3.63, 3.8) is 0 Å². The Morgan fingerprint density at radius 1 is 1.06 bits per heavy atom. The predicted molar refractivity (Wildman–Crippen MR) is 130 cm³/mol. The summed E-state index contributed by atoms with van der Waals surface area (Å²) < 4.78 is 4.47. The van der Waals surface area contributed by atoms with Gasteiger partial charge in [-0.15, -0.1) is 5.10 Å². The van der Waals surface area contributed by atoms with Gasteiger partial charge in [-0.05, 0) is 18.2 Å². The third-order valence-corrected chi connectivity index (χ3v) is 5.51. The van der Waals surface area contributed by atoms with Gasteiger partial charge in [-0.3, -0.25) is 19.4 Å². The Morgan fingerprint density at radius 2 is 1.86 bits per heavy atom.